The third kappa shape index (κ3) is 3.43. The van der Waals surface area contributed by atoms with Gasteiger partial charge in [0.15, 0.2) is 0 Å². The Labute approximate surface area is 158 Å². The van der Waals surface area contributed by atoms with Crippen LogP contribution in [0.15, 0.2) is 24.3 Å². The van der Waals surface area contributed by atoms with Crippen LogP contribution in [0.3, 0.4) is 0 Å². The maximum absolute atomic E-state index is 12.7. The number of aliphatic carboxylic acids is 1. The molecule has 1 N–H and O–H groups in total. The third-order valence-corrected chi connectivity index (χ3v) is 5.53. The Hall–Kier alpha value is -2.77. The van der Waals surface area contributed by atoms with Gasteiger partial charge in [0.2, 0.25) is 5.91 Å². The molecule has 0 aromatic heterocycles. The van der Waals surface area contributed by atoms with Gasteiger partial charge in [-0.1, -0.05) is 12.1 Å². The van der Waals surface area contributed by atoms with E-state index in [4.69, 9.17) is 4.74 Å². The van der Waals surface area contributed by atoms with Gasteiger partial charge in [-0.25, -0.2) is 4.79 Å². The molecule has 2 fully saturated rings. The largest absolute Gasteiger partial charge is 0.497 e. The molecular weight excluding hydrogens is 350 g/mol. The molecule has 146 valence electrons. The number of rotatable bonds is 4. The molecule has 1 aromatic rings. The van der Waals surface area contributed by atoms with Crippen LogP contribution in [0.2, 0.25) is 0 Å². The van der Waals surface area contributed by atoms with E-state index in [9.17, 15) is 19.5 Å². The predicted molar refractivity (Wildman–Crippen MR) is 97.5 cm³/mol. The van der Waals surface area contributed by atoms with Crippen LogP contribution in [0.4, 0.5) is 4.79 Å². The highest BCUT2D eigenvalue weighted by Crippen LogP contribution is 2.43. The second kappa shape index (κ2) is 7.09. The standard InChI is InChI=1S/C19H25N3O5/c1-20(2)18(26)22-10-14-9-21(11-19(14,12-22)17(24)25)16(23)8-13-5-4-6-15(7-13)27-3/h4-7,14H,8-12H2,1-3H3,(H,24,25)/t14-,19-/m1/s1. The summed E-state index contributed by atoms with van der Waals surface area (Å²) in [7, 11) is 4.86. The second-order valence-corrected chi connectivity index (χ2v) is 7.52. The zero-order valence-electron chi connectivity index (χ0n) is 15.8. The monoisotopic (exact) mass is 375 g/mol. The van der Waals surface area contributed by atoms with Crippen LogP contribution in [0.25, 0.3) is 0 Å². The van der Waals surface area contributed by atoms with E-state index in [1.54, 1.807) is 37.1 Å². The van der Waals surface area contributed by atoms with Crippen molar-refractivity contribution in [3.63, 3.8) is 0 Å². The highest BCUT2D eigenvalue weighted by Gasteiger charge is 2.59. The van der Waals surface area contributed by atoms with Crippen LogP contribution in [-0.2, 0) is 16.0 Å². The number of carbonyl (C=O) groups is 3. The van der Waals surface area contributed by atoms with Crippen molar-refractivity contribution in [2.45, 2.75) is 6.42 Å². The second-order valence-electron chi connectivity index (χ2n) is 7.52. The smallest absolute Gasteiger partial charge is 0.319 e. The van der Waals surface area contributed by atoms with Crippen molar-refractivity contribution < 1.29 is 24.2 Å². The summed E-state index contributed by atoms with van der Waals surface area (Å²) in [6, 6.07) is 7.09. The van der Waals surface area contributed by atoms with Gasteiger partial charge < -0.3 is 24.5 Å². The predicted octanol–water partition coefficient (Wildman–Crippen LogP) is 0.764. The first-order chi connectivity index (χ1) is 12.8. The van der Waals surface area contributed by atoms with Crippen molar-refractivity contribution in [2.75, 3.05) is 47.4 Å². The summed E-state index contributed by atoms with van der Waals surface area (Å²) < 4.78 is 5.18. The summed E-state index contributed by atoms with van der Waals surface area (Å²) in [4.78, 5) is 41.6. The summed E-state index contributed by atoms with van der Waals surface area (Å²) in [5.41, 5.74) is -0.263. The molecule has 0 aliphatic carbocycles. The Morgan fingerprint density at radius 2 is 1.89 bits per heavy atom. The molecule has 0 unspecified atom stereocenters. The average Bonchev–Trinajstić information content (AvgIpc) is 3.16. The Morgan fingerprint density at radius 3 is 2.48 bits per heavy atom. The van der Waals surface area contributed by atoms with E-state index in [0.717, 1.165) is 5.56 Å². The highest BCUT2D eigenvalue weighted by atomic mass is 16.5. The molecule has 0 radical (unpaired) electrons. The Kier molecular flexibility index (Phi) is 4.99. The lowest BCUT2D eigenvalue weighted by Crippen LogP contribution is -2.45. The van der Waals surface area contributed by atoms with E-state index < -0.39 is 11.4 Å². The fourth-order valence-corrected chi connectivity index (χ4v) is 4.06. The summed E-state index contributed by atoms with van der Waals surface area (Å²) in [5.74, 6) is -0.631. The first-order valence-corrected chi connectivity index (χ1v) is 8.87. The van der Waals surface area contributed by atoms with E-state index in [2.05, 4.69) is 0 Å². The van der Waals surface area contributed by atoms with Gasteiger partial charge >= 0.3 is 12.0 Å². The summed E-state index contributed by atoms with van der Waals surface area (Å²) in [6.07, 6.45) is 0.194. The van der Waals surface area contributed by atoms with Crippen LogP contribution in [0.5, 0.6) is 5.75 Å². The quantitative estimate of drug-likeness (QED) is 0.839. The van der Waals surface area contributed by atoms with E-state index in [1.807, 2.05) is 18.2 Å². The Morgan fingerprint density at radius 1 is 1.22 bits per heavy atom. The maximum Gasteiger partial charge on any atom is 0.319 e. The van der Waals surface area contributed by atoms with E-state index >= 15 is 0 Å². The maximum atomic E-state index is 12.7. The van der Waals surface area contributed by atoms with Crippen molar-refractivity contribution in [3.8, 4) is 5.75 Å². The molecule has 0 spiro atoms. The number of ether oxygens (including phenoxy) is 1. The topological polar surface area (TPSA) is 90.4 Å². The molecule has 0 bridgehead atoms. The van der Waals surface area contributed by atoms with Crippen molar-refractivity contribution in [1.29, 1.82) is 0 Å². The molecule has 2 aliphatic rings. The number of carboxylic acids is 1. The van der Waals surface area contributed by atoms with Crippen LogP contribution < -0.4 is 4.74 Å². The van der Waals surface area contributed by atoms with Gasteiger partial charge in [-0.2, -0.15) is 0 Å². The lowest BCUT2D eigenvalue weighted by molar-refractivity contribution is -0.149. The zero-order valence-corrected chi connectivity index (χ0v) is 15.8. The van der Waals surface area contributed by atoms with Crippen molar-refractivity contribution >= 4 is 17.9 Å². The molecule has 3 amide bonds. The fourth-order valence-electron chi connectivity index (χ4n) is 4.06. The molecular formula is C19H25N3O5. The summed E-state index contributed by atoms with van der Waals surface area (Å²) in [5, 5.41) is 9.86. The Balaban J connectivity index is 1.72. The molecule has 8 heteroatoms. The minimum Gasteiger partial charge on any atom is -0.497 e. The van der Waals surface area contributed by atoms with Gasteiger partial charge in [-0.05, 0) is 17.7 Å². The van der Waals surface area contributed by atoms with Gasteiger partial charge in [-0.3, -0.25) is 9.59 Å². The zero-order chi connectivity index (χ0) is 19.8. The number of fused-ring (bicyclic) bond motifs is 1. The molecule has 2 aliphatic heterocycles. The number of hydrogen-bond acceptors (Lipinski definition) is 4. The van der Waals surface area contributed by atoms with Crippen LogP contribution in [-0.4, -0.2) is 85.1 Å². The minimum atomic E-state index is -1.09. The number of methoxy groups -OCH3 is 1. The van der Waals surface area contributed by atoms with Crippen LogP contribution in [0, 0.1) is 11.3 Å². The number of benzene rings is 1. The highest BCUT2D eigenvalue weighted by molar-refractivity contribution is 5.84. The number of hydrogen-bond donors (Lipinski definition) is 1. The van der Waals surface area contributed by atoms with Crippen LogP contribution >= 0.6 is 0 Å². The minimum absolute atomic E-state index is 0.108. The van der Waals surface area contributed by atoms with Gasteiger partial charge in [0.1, 0.15) is 11.2 Å². The Bertz CT molecular complexity index is 765. The summed E-state index contributed by atoms with van der Waals surface area (Å²) >= 11 is 0. The first-order valence-electron chi connectivity index (χ1n) is 8.87. The number of carboxylic acid groups (broad SMARTS) is 1. The number of nitrogens with zero attached hydrogens (tertiary/aromatic N) is 3. The van der Waals surface area contributed by atoms with E-state index in [-0.39, 0.29) is 37.4 Å². The lowest BCUT2D eigenvalue weighted by Gasteiger charge is -2.27. The van der Waals surface area contributed by atoms with Gasteiger partial charge in [-0.15, -0.1) is 0 Å². The fraction of sp³-hybridized carbons (Fsp3) is 0.526. The number of amides is 3. The van der Waals surface area contributed by atoms with Gasteiger partial charge in [0.05, 0.1) is 13.5 Å². The molecule has 2 saturated heterocycles. The normalized spacial score (nSPS) is 23.9. The number of carbonyl (C=O) groups excluding carboxylic acids is 2. The summed E-state index contributed by atoms with van der Waals surface area (Å²) in [6.45, 7) is 0.971. The van der Waals surface area contributed by atoms with Crippen molar-refractivity contribution in [3.05, 3.63) is 29.8 Å². The molecule has 8 nitrogen and oxygen atoms in total. The van der Waals surface area contributed by atoms with Gasteiger partial charge in [0.25, 0.3) is 0 Å². The molecule has 2 atom stereocenters. The lowest BCUT2D eigenvalue weighted by atomic mass is 9.81. The number of urea groups is 1. The first kappa shape index (κ1) is 19.0. The van der Waals surface area contributed by atoms with Crippen molar-refractivity contribution in [1.82, 2.24) is 14.7 Å². The molecule has 27 heavy (non-hydrogen) atoms. The third-order valence-electron chi connectivity index (χ3n) is 5.53. The van der Waals surface area contributed by atoms with E-state index in [1.165, 1.54) is 4.90 Å². The van der Waals surface area contributed by atoms with E-state index in [0.29, 0.717) is 18.8 Å². The van der Waals surface area contributed by atoms with Crippen molar-refractivity contribution in [2.24, 2.45) is 11.3 Å². The van der Waals surface area contributed by atoms with Gasteiger partial charge in [0, 0.05) is 46.2 Å². The SMILES string of the molecule is COc1cccc(CC(=O)N2C[C@@H]3CN(C(=O)N(C)C)C[C@]3(C(=O)O)C2)c1. The molecule has 2 heterocycles. The number of likely N-dealkylation sites (tertiary alicyclic amines) is 2. The molecule has 3 rings (SSSR count). The molecule has 0 saturated carbocycles. The molecule has 1 aromatic carbocycles. The van der Waals surface area contributed by atoms with Crippen LogP contribution in [0.1, 0.15) is 5.56 Å². The average molecular weight is 375 g/mol.